The molecule has 0 atom stereocenters. The van der Waals surface area contributed by atoms with Crippen LogP contribution in [0.2, 0.25) is 5.02 Å². The number of carbonyl (C=O) groups excluding carboxylic acids is 1. The fourth-order valence-electron chi connectivity index (χ4n) is 2.78. The molecule has 0 saturated heterocycles. The minimum Gasteiger partial charge on any atom is -0.322 e. The smallest absolute Gasteiger partial charge is 0.264 e. The normalized spacial score (nSPS) is 10.7. The molecule has 9 heteroatoms. The van der Waals surface area contributed by atoms with E-state index >= 15 is 0 Å². The van der Waals surface area contributed by atoms with Crippen LogP contribution in [0.1, 0.15) is 16.1 Å². The average molecular weight is 438 g/mol. The highest BCUT2D eigenvalue weighted by Gasteiger charge is 2.16. The highest BCUT2D eigenvalue weighted by molar-refractivity contribution is 7.99. The van der Waals surface area contributed by atoms with Gasteiger partial charge in [0, 0.05) is 21.5 Å². The predicted molar refractivity (Wildman–Crippen MR) is 117 cm³/mol. The maximum Gasteiger partial charge on any atom is 0.264 e. The van der Waals surface area contributed by atoms with Gasteiger partial charge in [-0.25, -0.2) is 9.78 Å². The van der Waals surface area contributed by atoms with Gasteiger partial charge in [-0.05, 0) is 49.4 Å². The molecule has 4 aromatic rings. The number of anilines is 1. The summed E-state index contributed by atoms with van der Waals surface area (Å²) in [5.41, 5.74) is 1.38. The summed E-state index contributed by atoms with van der Waals surface area (Å²) in [6, 6.07) is 18.0. The molecular formula is C21H16ClN5O2S. The van der Waals surface area contributed by atoms with Gasteiger partial charge in [0.25, 0.3) is 11.5 Å². The van der Waals surface area contributed by atoms with Crippen molar-refractivity contribution in [2.75, 3.05) is 5.32 Å². The third-order valence-corrected chi connectivity index (χ3v) is 5.84. The van der Waals surface area contributed by atoms with Gasteiger partial charge in [0.2, 0.25) is 0 Å². The number of carbonyl (C=O) groups is 1. The van der Waals surface area contributed by atoms with Crippen molar-refractivity contribution >= 4 is 35.0 Å². The fraction of sp³-hybridized carbons (Fsp3) is 0.0476. The number of halogens is 1. The number of H-pyrrole nitrogens is 1. The van der Waals surface area contributed by atoms with Gasteiger partial charge in [-0.1, -0.05) is 35.5 Å². The van der Waals surface area contributed by atoms with Crippen LogP contribution in [0, 0.1) is 6.92 Å². The molecule has 1 amide bonds. The van der Waals surface area contributed by atoms with Crippen LogP contribution in [0.25, 0.3) is 5.82 Å². The molecule has 0 saturated carbocycles. The first-order chi connectivity index (χ1) is 14.5. The van der Waals surface area contributed by atoms with Crippen molar-refractivity contribution < 1.29 is 4.79 Å². The van der Waals surface area contributed by atoms with Crippen LogP contribution in [0.3, 0.4) is 0 Å². The Kier molecular flexibility index (Phi) is 5.69. The van der Waals surface area contributed by atoms with Crippen LogP contribution in [-0.4, -0.2) is 25.9 Å². The first-order valence-corrected chi connectivity index (χ1v) is 10.2. The Morgan fingerprint density at radius 3 is 2.57 bits per heavy atom. The van der Waals surface area contributed by atoms with Crippen LogP contribution in [0.15, 0.2) is 81.4 Å². The van der Waals surface area contributed by atoms with Gasteiger partial charge in [-0.2, -0.15) is 10.2 Å². The zero-order valence-electron chi connectivity index (χ0n) is 15.8. The van der Waals surface area contributed by atoms with Gasteiger partial charge in [-0.15, -0.1) is 0 Å². The van der Waals surface area contributed by atoms with Crippen molar-refractivity contribution in [1.29, 1.82) is 0 Å². The molecule has 2 aromatic heterocycles. The minimum atomic E-state index is -0.308. The first kappa shape index (κ1) is 19.9. The van der Waals surface area contributed by atoms with Gasteiger partial charge >= 0.3 is 0 Å². The maximum atomic E-state index is 12.7. The standard InChI is InChI=1S/C21H16ClN5O2S/c1-13-16(12-23-27(13)19-10-11-20(28)26-25-19)21(29)24-14-6-8-15(9-7-14)30-18-5-3-2-4-17(18)22/h2-12H,1H3,(H,24,29)(H,26,28). The van der Waals surface area contributed by atoms with E-state index in [0.717, 1.165) is 9.79 Å². The summed E-state index contributed by atoms with van der Waals surface area (Å²) in [7, 11) is 0. The van der Waals surface area contributed by atoms with Gasteiger partial charge < -0.3 is 5.32 Å². The van der Waals surface area contributed by atoms with Crippen molar-refractivity contribution in [1.82, 2.24) is 20.0 Å². The minimum absolute atomic E-state index is 0.283. The van der Waals surface area contributed by atoms with E-state index in [9.17, 15) is 9.59 Å². The van der Waals surface area contributed by atoms with E-state index in [1.165, 1.54) is 23.0 Å². The van der Waals surface area contributed by atoms with E-state index in [0.29, 0.717) is 27.8 Å². The Bertz CT molecular complexity index is 1250. The van der Waals surface area contributed by atoms with Crippen molar-refractivity contribution in [3.8, 4) is 5.82 Å². The molecule has 0 spiro atoms. The summed E-state index contributed by atoms with van der Waals surface area (Å²) < 4.78 is 1.49. The molecule has 0 fully saturated rings. The van der Waals surface area contributed by atoms with Crippen molar-refractivity contribution in [2.24, 2.45) is 0 Å². The summed E-state index contributed by atoms with van der Waals surface area (Å²) in [5.74, 6) is 0.141. The molecule has 2 N–H and O–H groups in total. The molecule has 0 unspecified atom stereocenters. The van der Waals surface area contributed by atoms with Crippen molar-refractivity contribution in [2.45, 2.75) is 16.7 Å². The third-order valence-electron chi connectivity index (χ3n) is 4.31. The zero-order valence-corrected chi connectivity index (χ0v) is 17.4. The van der Waals surface area contributed by atoms with Crippen LogP contribution in [-0.2, 0) is 0 Å². The Morgan fingerprint density at radius 2 is 1.87 bits per heavy atom. The summed E-state index contributed by atoms with van der Waals surface area (Å²) in [6.45, 7) is 1.76. The topological polar surface area (TPSA) is 92.7 Å². The van der Waals surface area contributed by atoms with Gasteiger partial charge in [0.1, 0.15) is 0 Å². The molecule has 0 bridgehead atoms. The van der Waals surface area contributed by atoms with Crippen LogP contribution >= 0.6 is 23.4 Å². The first-order valence-electron chi connectivity index (χ1n) is 8.96. The average Bonchev–Trinajstić information content (AvgIpc) is 3.13. The number of benzene rings is 2. The lowest BCUT2D eigenvalue weighted by molar-refractivity contribution is 0.102. The lowest BCUT2D eigenvalue weighted by atomic mass is 10.2. The summed E-state index contributed by atoms with van der Waals surface area (Å²) in [5, 5.41) is 14.1. The highest BCUT2D eigenvalue weighted by atomic mass is 35.5. The second-order valence-electron chi connectivity index (χ2n) is 6.35. The Balaban J connectivity index is 1.47. The van der Waals surface area contributed by atoms with E-state index in [-0.39, 0.29) is 11.5 Å². The molecular weight excluding hydrogens is 422 g/mol. The molecule has 4 rings (SSSR count). The Labute approximate surface area is 181 Å². The molecule has 0 aliphatic rings. The quantitative estimate of drug-likeness (QED) is 0.485. The molecule has 30 heavy (non-hydrogen) atoms. The number of hydrogen-bond acceptors (Lipinski definition) is 5. The third kappa shape index (κ3) is 4.29. The molecule has 2 heterocycles. The number of aromatic amines is 1. The van der Waals surface area contributed by atoms with E-state index < -0.39 is 0 Å². The summed E-state index contributed by atoms with van der Waals surface area (Å²) >= 11 is 7.76. The van der Waals surface area contributed by atoms with E-state index in [1.807, 2.05) is 48.5 Å². The van der Waals surface area contributed by atoms with E-state index in [4.69, 9.17) is 11.6 Å². The monoisotopic (exact) mass is 437 g/mol. The molecule has 2 aromatic carbocycles. The van der Waals surface area contributed by atoms with Gasteiger partial charge in [-0.3, -0.25) is 9.59 Å². The number of nitrogens with one attached hydrogen (secondary N) is 2. The van der Waals surface area contributed by atoms with Crippen molar-refractivity contribution in [3.05, 3.63) is 93.5 Å². The Hall–Kier alpha value is -3.36. The summed E-state index contributed by atoms with van der Waals surface area (Å²) in [6.07, 6.45) is 1.47. The molecule has 0 aliphatic heterocycles. The summed E-state index contributed by atoms with van der Waals surface area (Å²) in [4.78, 5) is 25.8. The zero-order chi connectivity index (χ0) is 21.1. The molecule has 0 radical (unpaired) electrons. The lowest BCUT2D eigenvalue weighted by Gasteiger charge is -2.08. The molecule has 150 valence electrons. The number of nitrogens with zero attached hydrogens (tertiary/aromatic N) is 3. The highest BCUT2D eigenvalue weighted by Crippen LogP contribution is 2.33. The SMILES string of the molecule is Cc1c(C(=O)Nc2ccc(Sc3ccccc3Cl)cc2)cnn1-c1ccc(=O)[nH]n1. The number of rotatable bonds is 5. The fourth-order valence-corrected chi connectivity index (χ4v) is 3.87. The lowest BCUT2D eigenvalue weighted by Crippen LogP contribution is -2.14. The second kappa shape index (κ2) is 8.56. The number of aromatic nitrogens is 4. The largest absolute Gasteiger partial charge is 0.322 e. The predicted octanol–water partition coefficient (Wildman–Crippen LogP) is 4.32. The maximum absolute atomic E-state index is 12.7. The molecule has 7 nitrogen and oxygen atoms in total. The van der Waals surface area contributed by atoms with Gasteiger partial charge in [0.05, 0.1) is 22.5 Å². The van der Waals surface area contributed by atoms with E-state index in [2.05, 4.69) is 20.6 Å². The van der Waals surface area contributed by atoms with Crippen LogP contribution in [0.4, 0.5) is 5.69 Å². The number of amides is 1. The Morgan fingerprint density at radius 1 is 1.10 bits per heavy atom. The van der Waals surface area contributed by atoms with Crippen molar-refractivity contribution in [3.63, 3.8) is 0 Å². The second-order valence-corrected chi connectivity index (χ2v) is 7.87. The van der Waals surface area contributed by atoms with Crippen LogP contribution in [0.5, 0.6) is 0 Å². The van der Waals surface area contributed by atoms with E-state index in [1.54, 1.807) is 18.7 Å². The van der Waals surface area contributed by atoms with Crippen LogP contribution < -0.4 is 10.9 Å². The molecule has 0 aliphatic carbocycles. The number of hydrogen-bond donors (Lipinski definition) is 2. The van der Waals surface area contributed by atoms with Gasteiger partial charge in [0.15, 0.2) is 5.82 Å².